The third-order valence-corrected chi connectivity index (χ3v) is 4.59. The Kier molecular flexibility index (Phi) is 5.99. The Morgan fingerprint density at radius 3 is 2.92 bits per heavy atom. The van der Waals surface area contributed by atoms with Crippen LogP contribution in [-0.2, 0) is 22.7 Å². The predicted octanol–water partition coefficient (Wildman–Crippen LogP) is 2.06. The van der Waals surface area contributed by atoms with Gasteiger partial charge in [-0.2, -0.15) is 5.10 Å². The van der Waals surface area contributed by atoms with E-state index < -0.39 is 0 Å². The topological polar surface area (TPSA) is 80.1 Å². The highest BCUT2D eigenvalue weighted by Crippen LogP contribution is 2.23. The number of rotatable bonds is 7. The highest BCUT2D eigenvalue weighted by Gasteiger charge is 2.29. The van der Waals surface area contributed by atoms with E-state index in [0.717, 1.165) is 24.2 Å². The molecular weight excluding hydrogens is 330 g/mol. The van der Waals surface area contributed by atoms with Crippen LogP contribution < -0.4 is 5.32 Å². The van der Waals surface area contributed by atoms with Crippen LogP contribution in [0.25, 0.3) is 0 Å². The van der Waals surface area contributed by atoms with Crippen molar-refractivity contribution in [1.82, 2.24) is 25.0 Å². The van der Waals surface area contributed by atoms with Crippen LogP contribution in [0.15, 0.2) is 36.7 Å². The van der Waals surface area contributed by atoms with Crippen molar-refractivity contribution in [1.29, 1.82) is 0 Å². The van der Waals surface area contributed by atoms with Gasteiger partial charge in [0.15, 0.2) is 0 Å². The van der Waals surface area contributed by atoms with Gasteiger partial charge in [0, 0.05) is 25.4 Å². The van der Waals surface area contributed by atoms with Gasteiger partial charge in [-0.1, -0.05) is 19.4 Å². The number of amides is 2. The second-order valence-electron chi connectivity index (χ2n) is 6.60. The first-order valence-electron chi connectivity index (χ1n) is 9.14. The summed E-state index contributed by atoms with van der Waals surface area (Å²) in [7, 11) is 0. The summed E-state index contributed by atoms with van der Waals surface area (Å²) in [5.41, 5.74) is 1.80. The summed E-state index contributed by atoms with van der Waals surface area (Å²) in [6.45, 7) is 3.56. The van der Waals surface area contributed by atoms with Gasteiger partial charge in [-0.15, -0.1) is 0 Å². The molecule has 0 saturated carbocycles. The molecule has 2 aromatic heterocycles. The van der Waals surface area contributed by atoms with E-state index in [1.54, 1.807) is 12.4 Å². The molecule has 0 aliphatic carbocycles. The van der Waals surface area contributed by atoms with Crippen molar-refractivity contribution in [3.05, 3.63) is 48.0 Å². The van der Waals surface area contributed by atoms with E-state index in [1.165, 1.54) is 0 Å². The molecule has 2 amide bonds. The van der Waals surface area contributed by atoms with E-state index in [1.807, 2.05) is 33.8 Å². The van der Waals surface area contributed by atoms with Crippen LogP contribution in [0.4, 0.5) is 0 Å². The molecule has 0 aromatic carbocycles. The van der Waals surface area contributed by atoms with Gasteiger partial charge in [-0.25, -0.2) is 0 Å². The average Bonchev–Trinajstić information content (AvgIpc) is 3.14. The molecule has 2 aromatic rings. The molecule has 138 valence electrons. The normalized spacial score (nSPS) is 16.2. The Labute approximate surface area is 153 Å². The van der Waals surface area contributed by atoms with Crippen LogP contribution in [0, 0.1) is 0 Å². The maximum atomic E-state index is 12.4. The van der Waals surface area contributed by atoms with Crippen molar-refractivity contribution < 1.29 is 9.59 Å². The van der Waals surface area contributed by atoms with Crippen LogP contribution >= 0.6 is 0 Å². The van der Waals surface area contributed by atoms with Crippen molar-refractivity contribution in [2.45, 2.75) is 51.7 Å². The number of fused-ring (bicyclic) bond motifs is 1. The number of aromatic nitrogens is 3. The van der Waals surface area contributed by atoms with Gasteiger partial charge in [-0.3, -0.25) is 19.3 Å². The number of nitrogens with one attached hydrogen (secondary N) is 1. The highest BCUT2D eigenvalue weighted by atomic mass is 16.2. The molecule has 0 spiro atoms. The zero-order chi connectivity index (χ0) is 18.4. The quantitative estimate of drug-likeness (QED) is 0.824. The van der Waals surface area contributed by atoms with Gasteiger partial charge >= 0.3 is 0 Å². The standard InChI is InChI=1S/C19H25N5O2/c1-2-3-7-19(26)23-13-16-8-10-22-24(16)17(14-23)11-18(25)21-12-15-6-4-5-9-20-15/h4-6,8-10,17H,2-3,7,11-14H2,1H3,(H,21,25)/t17-/m1/s1. The number of carbonyl (C=O) groups excluding carboxylic acids is 2. The first-order chi connectivity index (χ1) is 12.7. The number of nitrogens with zero attached hydrogens (tertiary/aromatic N) is 4. The first kappa shape index (κ1) is 18.1. The van der Waals surface area contributed by atoms with Gasteiger partial charge in [-0.05, 0) is 24.6 Å². The average molecular weight is 355 g/mol. The number of pyridine rings is 1. The molecule has 1 atom stereocenters. The molecule has 3 rings (SSSR count). The van der Waals surface area contributed by atoms with Crippen LogP contribution in [-0.4, -0.2) is 38.0 Å². The molecule has 0 radical (unpaired) electrons. The van der Waals surface area contributed by atoms with Gasteiger partial charge < -0.3 is 10.2 Å². The van der Waals surface area contributed by atoms with E-state index in [4.69, 9.17) is 0 Å². The Morgan fingerprint density at radius 2 is 2.15 bits per heavy atom. The van der Waals surface area contributed by atoms with Crippen LogP contribution in [0.1, 0.15) is 50.0 Å². The molecule has 0 fully saturated rings. The lowest BCUT2D eigenvalue weighted by atomic mass is 10.1. The van der Waals surface area contributed by atoms with Crippen molar-refractivity contribution in [2.24, 2.45) is 0 Å². The summed E-state index contributed by atoms with van der Waals surface area (Å²) in [6, 6.07) is 7.39. The molecular formula is C19H25N5O2. The van der Waals surface area contributed by atoms with E-state index in [9.17, 15) is 9.59 Å². The Bertz CT molecular complexity index is 743. The fourth-order valence-corrected chi connectivity index (χ4v) is 3.19. The monoisotopic (exact) mass is 355 g/mol. The van der Waals surface area contributed by atoms with E-state index >= 15 is 0 Å². The Morgan fingerprint density at radius 1 is 1.27 bits per heavy atom. The fraction of sp³-hybridized carbons (Fsp3) is 0.474. The third kappa shape index (κ3) is 4.47. The van der Waals surface area contributed by atoms with E-state index in [0.29, 0.717) is 32.5 Å². The summed E-state index contributed by atoms with van der Waals surface area (Å²) >= 11 is 0. The minimum atomic E-state index is -0.136. The first-order valence-corrected chi connectivity index (χ1v) is 9.14. The number of unbranched alkanes of at least 4 members (excludes halogenated alkanes) is 1. The minimum absolute atomic E-state index is 0.0649. The molecule has 1 aliphatic heterocycles. The summed E-state index contributed by atoms with van der Waals surface area (Å²) in [4.78, 5) is 30.9. The van der Waals surface area contributed by atoms with Crippen molar-refractivity contribution in [2.75, 3.05) is 6.54 Å². The molecule has 26 heavy (non-hydrogen) atoms. The predicted molar refractivity (Wildman–Crippen MR) is 96.9 cm³/mol. The Balaban J connectivity index is 1.60. The summed E-state index contributed by atoms with van der Waals surface area (Å²) in [5, 5.41) is 7.25. The minimum Gasteiger partial charge on any atom is -0.350 e. The van der Waals surface area contributed by atoms with Gasteiger partial charge in [0.2, 0.25) is 11.8 Å². The smallest absolute Gasteiger partial charge is 0.222 e. The van der Waals surface area contributed by atoms with Crippen LogP contribution in [0.5, 0.6) is 0 Å². The lowest BCUT2D eigenvalue weighted by Crippen LogP contribution is -2.42. The molecule has 3 heterocycles. The second kappa shape index (κ2) is 8.60. The van der Waals surface area contributed by atoms with Gasteiger partial charge in [0.05, 0.1) is 36.9 Å². The van der Waals surface area contributed by atoms with Gasteiger partial charge in [0.1, 0.15) is 0 Å². The SMILES string of the molecule is CCCCC(=O)N1Cc2ccnn2[C@H](CC(=O)NCc2ccccn2)C1. The van der Waals surface area contributed by atoms with Crippen LogP contribution in [0.2, 0.25) is 0 Å². The second-order valence-corrected chi connectivity index (χ2v) is 6.60. The Hall–Kier alpha value is -2.70. The van der Waals surface area contributed by atoms with E-state index in [2.05, 4.69) is 22.3 Å². The molecule has 1 aliphatic rings. The van der Waals surface area contributed by atoms with Crippen LogP contribution in [0.3, 0.4) is 0 Å². The zero-order valence-corrected chi connectivity index (χ0v) is 15.1. The maximum absolute atomic E-state index is 12.4. The molecule has 1 N–H and O–H groups in total. The summed E-state index contributed by atoms with van der Waals surface area (Å²) in [5.74, 6) is 0.0863. The number of hydrogen-bond acceptors (Lipinski definition) is 4. The fourth-order valence-electron chi connectivity index (χ4n) is 3.19. The summed E-state index contributed by atoms with van der Waals surface area (Å²) in [6.07, 6.45) is 6.18. The van der Waals surface area contributed by atoms with E-state index in [-0.39, 0.29) is 17.9 Å². The third-order valence-electron chi connectivity index (χ3n) is 4.59. The van der Waals surface area contributed by atoms with Crippen molar-refractivity contribution in [3.8, 4) is 0 Å². The number of hydrogen-bond donors (Lipinski definition) is 1. The molecule has 7 nitrogen and oxygen atoms in total. The molecule has 0 saturated heterocycles. The van der Waals surface area contributed by atoms with Crippen molar-refractivity contribution >= 4 is 11.8 Å². The van der Waals surface area contributed by atoms with Gasteiger partial charge in [0.25, 0.3) is 0 Å². The maximum Gasteiger partial charge on any atom is 0.222 e. The lowest BCUT2D eigenvalue weighted by Gasteiger charge is -2.33. The molecule has 7 heteroatoms. The number of carbonyl (C=O) groups is 2. The highest BCUT2D eigenvalue weighted by molar-refractivity contribution is 5.78. The summed E-state index contributed by atoms with van der Waals surface area (Å²) < 4.78 is 1.88. The molecule has 0 unspecified atom stereocenters. The largest absolute Gasteiger partial charge is 0.350 e. The lowest BCUT2D eigenvalue weighted by molar-refractivity contribution is -0.134. The zero-order valence-electron chi connectivity index (χ0n) is 15.1. The van der Waals surface area contributed by atoms with Crippen molar-refractivity contribution in [3.63, 3.8) is 0 Å². The molecule has 0 bridgehead atoms.